The Kier molecular flexibility index (Phi) is 6.80. The number of rotatable bonds is 7. The number of aromatic nitrogens is 2. The molecule has 0 aliphatic heterocycles. The van der Waals surface area contributed by atoms with Gasteiger partial charge in [-0.2, -0.15) is 0 Å². The lowest BCUT2D eigenvalue weighted by molar-refractivity contribution is 0.155. The largest absolute Gasteiger partial charge is 0.444 e. The molecule has 3 aromatic carbocycles. The monoisotopic (exact) mass is 441 g/mol. The molecule has 0 bridgehead atoms. The molecule has 0 aliphatic rings. The summed E-state index contributed by atoms with van der Waals surface area (Å²) < 4.78 is 7.77. The Morgan fingerprint density at radius 2 is 1.24 bits per heavy atom. The lowest BCUT2D eigenvalue weighted by atomic mass is 10.2. The minimum absolute atomic E-state index is 0.0282. The molecule has 0 saturated carbocycles. The van der Waals surface area contributed by atoms with Gasteiger partial charge in [-0.15, -0.1) is 0 Å². The van der Waals surface area contributed by atoms with Crippen molar-refractivity contribution in [3.63, 3.8) is 0 Å². The molecule has 0 aliphatic carbocycles. The Bertz CT molecular complexity index is 1330. The normalized spacial score (nSPS) is 10.5. The van der Waals surface area contributed by atoms with Crippen LogP contribution in [0.25, 0.3) is 0 Å². The molecule has 33 heavy (non-hydrogen) atoms. The van der Waals surface area contributed by atoms with Gasteiger partial charge >= 0.3 is 11.8 Å². The van der Waals surface area contributed by atoms with E-state index in [4.69, 9.17) is 4.74 Å². The molecule has 1 amide bonds. The van der Waals surface area contributed by atoms with Crippen LogP contribution in [0.3, 0.4) is 0 Å². The number of nitrogens with zero attached hydrogens (tertiary/aromatic N) is 2. The summed E-state index contributed by atoms with van der Waals surface area (Å²) in [5, 5.41) is 2.51. The van der Waals surface area contributed by atoms with Crippen molar-refractivity contribution in [2.24, 2.45) is 0 Å². The van der Waals surface area contributed by atoms with E-state index in [1.807, 2.05) is 91.0 Å². The van der Waals surface area contributed by atoms with Crippen LogP contribution in [0.2, 0.25) is 0 Å². The van der Waals surface area contributed by atoms with Gasteiger partial charge in [-0.3, -0.25) is 19.2 Å². The second-order valence-corrected chi connectivity index (χ2v) is 7.50. The first-order chi connectivity index (χ1) is 16.1. The van der Waals surface area contributed by atoms with Crippen LogP contribution in [0.5, 0.6) is 0 Å². The van der Waals surface area contributed by atoms with Crippen molar-refractivity contribution in [2.45, 2.75) is 19.7 Å². The number of ether oxygens (including phenoxy) is 1. The fourth-order valence-corrected chi connectivity index (χ4v) is 3.41. The standard InChI is InChI=1S/C26H23N3O4/c30-24-23(27-25(31)33-19-22-14-8-3-9-15-22)18-28(16-20-10-4-1-5-11-20)26(32)29(24)17-21-12-6-2-7-13-21/h1-15,18H,16-17,19H2,(H,27,31). The summed E-state index contributed by atoms with van der Waals surface area (Å²) in [7, 11) is 0. The molecule has 7 nitrogen and oxygen atoms in total. The first kappa shape index (κ1) is 21.8. The first-order valence-electron chi connectivity index (χ1n) is 10.5. The maximum Gasteiger partial charge on any atom is 0.412 e. The third-order valence-corrected chi connectivity index (χ3v) is 5.07. The number of carbonyl (C=O) groups is 1. The van der Waals surface area contributed by atoms with Crippen molar-refractivity contribution in [2.75, 3.05) is 5.32 Å². The van der Waals surface area contributed by atoms with Gasteiger partial charge in [0.15, 0.2) is 0 Å². The Morgan fingerprint density at radius 3 is 1.82 bits per heavy atom. The Morgan fingerprint density at radius 1 is 0.727 bits per heavy atom. The van der Waals surface area contributed by atoms with Gasteiger partial charge < -0.3 is 4.74 Å². The topological polar surface area (TPSA) is 82.3 Å². The van der Waals surface area contributed by atoms with Gasteiger partial charge in [-0.25, -0.2) is 9.59 Å². The quantitative estimate of drug-likeness (QED) is 0.472. The zero-order valence-electron chi connectivity index (χ0n) is 17.9. The van der Waals surface area contributed by atoms with Crippen LogP contribution in [0.4, 0.5) is 10.5 Å². The second-order valence-electron chi connectivity index (χ2n) is 7.50. The lowest BCUT2D eigenvalue weighted by Crippen LogP contribution is -2.41. The number of anilines is 1. The molecule has 0 saturated heterocycles. The number of amides is 1. The number of hydrogen-bond donors (Lipinski definition) is 1. The lowest BCUT2D eigenvalue weighted by Gasteiger charge is -2.14. The molecule has 4 rings (SSSR count). The predicted octanol–water partition coefficient (Wildman–Crippen LogP) is 3.86. The molecule has 0 fully saturated rings. The van der Waals surface area contributed by atoms with Crippen LogP contribution in [-0.2, 0) is 24.4 Å². The SMILES string of the molecule is O=C(Nc1cn(Cc2ccccc2)c(=O)n(Cc2ccccc2)c1=O)OCc1ccccc1. The zero-order chi connectivity index (χ0) is 23.0. The average molecular weight is 441 g/mol. The van der Waals surface area contributed by atoms with Gasteiger partial charge in [0.05, 0.1) is 13.1 Å². The maximum atomic E-state index is 13.1. The number of hydrogen-bond acceptors (Lipinski definition) is 4. The van der Waals surface area contributed by atoms with Gasteiger partial charge in [0.25, 0.3) is 5.56 Å². The summed E-state index contributed by atoms with van der Waals surface area (Å²) in [6, 6.07) is 27.9. The average Bonchev–Trinajstić information content (AvgIpc) is 2.85. The molecule has 0 radical (unpaired) electrons. The molecule has 1 N–H and O–H groups in total. The van der Waals surface area contributed by atoms with E-state index in [9.17, 15) is 14.4 Å². The van der Waals surface area contributed by atoms with Crippen molar-refractivity contribution in [3.8, 4) is 0 Å². The number of nitrogens with one attached hydrogen (secondary N) is 1. The van der Waals surface area contributed by atoms with E-state index >= 15 is 0 Å². The zero-order valence-corrected chi connectivity index (χ0v) is 17.9. The third-order valence-electron chi connectivity index (χ3n) is 5.07. The highest BCUT2D eigenvalue weighted by Gasteiger charge is 2.15. The molecule has 166 valence electrons. The molecule has 4 aromatic rings. The van der Waals surface area contributed by atoms with E-state index < -0.39 is 17.3 Å². The van der Waals surface area contributed by atoms with Crippen molar-refractivity contribution >= 4 is 11.8 Å². The van der Waals surface area contributed by atoms with Gasteiger partial charge in [-0.1, -0.05) is 91.0 Å². The molecular weight excluding hydrogens is 418 g/mol. The summed E-state index contributed by atoms with van der Waals surface area (Å²) in [5.41, 5.74) is 1.43. The first-order valence-corrected chi connectivity index (χ1v) is 10.5. The second kappa shape index (κ2) is 10.3. The summed E-state index contributed by atoms with van der Waals surface area (Å²) in [6.45, 7) is 0.402. The van der Waals surface area contributed by atoms with Crippen LogP contribution >= 0.6 is 0 Å². The summed E-state index contributed by atoms with van der Waals surface area (Å²) >= 11 is 0. The fourth-order valence-electron chi connectivity index (χ4n) is 3.41. The highest BCUT2D eigenvalue weighted by Crippen LogP contribution is 2.07. The van der Waals surface area contributed by atoms with Crippen molar-refractivity contribution < 1.29 is 9.53 Å². The van der Waals surface area contributed by atoms with Gasteiger partial charge in [0, 0.05) is 6.20 Å². The Balaban J connectivity index is 1.63. The minimum Gasteiger partial charge on any atom is -0.444 e. The minimum atomic E-state index is -0.771. The molecule has 1 aromatic heterocycles. The van der Waals surface area contributed by atoms with Gasteiger partial charge in [0.1, 0.15) is 12.3 Å². The molecule has 1 heterocycles. The molecule has 7 heteroatoms. The van der Waals surface area contributed by atoms with E-state index in [0.717, 1.165) is 21.3 Å². The van der Waals surface area contributed by atoms with Crippen LogP contribution in [-0.4, -0.2) is 15.2 Å². The maximum absolute atomic E-state index is 13.1. The summed E-state index contributed by atoms with van der Waals surface area (Å²) in [6.07, 6.45) is 0.593. The van der Waals surface area contributed by atoms with Crippen LogP contribution in [0.1, 0.15) is 16.7 Å². The van der Waals surface area contributed by atoms with Gasteiger partial charge in [0.2, 0.25) is 0 Å². The smallest absolute Gasteiger partial charge is 0.412 e. The highest BCUT2D eigenvalue weighted by molar-refractivity contribution is 5.84. The van der Waals surface area contributed by atoms with Crippen molar-refractivity contribution in [1.82, 2.24) is 9.13 Å². The van der Waals surface area contributed by atoms with E-state index in [0.29, 0.717) is 0 Å². The van der Waals surface area contributed by atoms with E-state index in [1.165, 1.54) is 10.8 Å². The van der Waals surface area contributed by atoms with E-state index in [-0.39, 0.29) is 25.4 Å². The molecule has 0 atom stereocenters. The Labute approximate surface area is 190 Å². The fraction of sp³-hybridized carbons (Fsp3) is 0.115. The van der Waals surface area contributed by atoms with Crippen LogP contribution in [0.15, 0.2) is 107 Å². The molecule has 0 unspecified atom stereocenters. The summed E-state index contributed by atoms with van der Waals surface area (Å²) in [5.74, 6) is 0. The highest BCUT2D eigenvalue weighted by atomic mass is 16.5. The van der Waals surface area contributed by atoms with E-state index in [1.54, 1.807) is 0 Å². The van der Waals surface area contributed by atoms with Crippen LogP contribution < -0.4 is 16.6 Å². The summed E-state index contributed by atoms with van der Waals surface area (Å²) in [4.78, 5) is 38.6. The van der Waals surface area contributed by atoms with Crippen LogP contribution in [0, 0.1) is 0 Å². The number of carbonyl (C=O) groups excluding carboxylic acids is 1. The third kappa shape index (κ3) is 5.65. The van der Waals surface area contributed by atoms with Gasteiger partial charge in [-0.05, 0) is 16.7 Å². The predicted molar refractivity (Wildman–Crippen MR) is 126 cm³/mol. The molecular formula is C26H23N3O4. The molecule has 0 spiro atoms. The Hall–Kier alpha value is -4.39. The van der Waals surface area contributed by atoms with Crippen molar-refractivity contribution in [3.05, 3.63) is 135 Å². The van der Waals surface area contributed by atoms with E-state index in [2.05, 4.69) is 5.32 Å². The number of benzene rings is 3. The van der Waals surface area contributed by atoms with Crippen molar-refractivity contribution in [1.29, 1.82) is 0 Å².